The van der Waals surface area contributed by atoms with E-state index in [1.165, 1.54) is 0 Å². The average molecular weight is 253 g/mol. The molecule has 0 amide bonds. The molecule has 1 unspecified atom stereocenters. The van der Waals surface area contributed by atoms with E-state index in [0.717, 1.165) is 10.9 Å². The molecule has 4 rings (SSSR count). The molecule has 1 atom stereocenters. The summed E-state index contributed by atoms with van der Waals surface area (Å²) in [5.74, 6) is -0.0136. The second-order valence-corrected chi connectivity index (χ2v) is 5.36. The maximum atomic E-state index is 12.4. The number of carbonyl (C=O) groups excluding carboxylic acids is 1. The molecule has 1 heterocycles. The Morgan fingerprint density at radius 1 is 0.944 bits per heavy atom. The van der Waals surface area contributed by atoms with Gasteiger partial charge in [-0.2, -0.15) is 0 Å². The Morgan fingerprint density at radius 2 is 1.67 bits per heavy atom. The van der Waals surface area contributed by atoms with Crippen molar-refractivity contribution in [2.75, 3.05) is 0 Å². The topological polar surface area (TPSA) is 53.0 Å². The molecular weight excluding hydrogens is 246 g/mol. The summed E-state index contributed by atoms with van der Waals surface area (Å²) in [7, 11) is -1.38. The van der Waals surface area contributed by atoms with Crippen molar-refractivity contribution in [3.8, 4) is 11.3 Å². The van der Waals surface area contributed by atoms with Crippen molar-refractivity contribution in [2.45, 2.75) is 0 Å². The summed E-state index contributed by atoms with van der Waals surface area (Å²) >= 11 is 0. The summed E-state index contributed by atoms with van der Waals surface area (Å²) in [5.41, 5.74) is 2.72. The van der Waals surface area contributed by atoms with E-state index < -0.39 is 10.9 Å². The fraction of sp³-hybridized carbons (Fsp3) is 0. The van der Waals surface area contributed by atoms with E-state index in [1.54, 1.807) is 24.3 Å². The zero-order valence-corrected chi connectivity index (χ0v) is 10.0. The highest BCUT2D eigenvalue weighted by Gasteiger charge is 2.30. The van der Waals surface area contributed by atoms with Crippen LogP contribution < -0.4 is 0 Å². The number of carbonyl (C=O) groups is 1. The van der Waals surface area contributed by atoms with Crippen LogP contribution in [-0.2, 0) is 0 Å². The van der Waals surface area contributed by atoms with Gasteiger partial charge in [-0.1, -0.05) is 30.3 Å². The first-order valence-electron chi connectivity index (χ1n) is 5.55. The minimum Gasteiger partial charge on any atom is -0.568 e. The summed E-state index contributed by atoms with van der Waals surface area (Å²) in [6.45, 7) is 0. The van der Waals surface area contributed by atoms with Crippen LogP contribution in [0.5, 0.6) is 0 Å². The molecular formula is C14H7NO2S. The smallest absolute Gasteiger partial charge is 0.207 e. The van der Waals surface area contributed by atoms with E-state index in [2.05, 4.69) is 4.37 Å². The summed E-state index contributed by atoms with van der Waals surface area (Å²) in [5, 5.41) is 0.750. The average Bonchev–Trinajstić information content (AvgIpc) is 2.75. The highest BCUT2D eigenvalue weighted by Crippen LogP contribution is 2.42. The number of rotatable bonds is 0. The molecule has 0 aliphatic heterocycles. The second kappa shape index (κ2) is 3.25. The first kappa shape index (κ1) is 9.94. The Hall–Kier alpha value is -2.04. The molecule has 1 aliphatic carbocycles. The van der Waals surface area contributed by atoms with Crippen LogP contribution in [0.4, 0.5) is 0 Å². The maximum absolute atomic E-state index is 12.4. The normalized spacial score (nSPS) is 13.8. The van der Waals surface area contributed by atoms with Gasteiger partial charge in [0.05, 0.1) is 16.3 Å². The van der Waals surface area contributed by atoms with Crippen molar-refractivity contribution in [1.82, 2.24) is 4.37 Å². The number of nitrogens with zero attached hydrogens (tertiary/aromatic N) is 1. The SMILES string of the molecule is O=C1c2ccccc2-c2n[s+]([O-])c3cccc1c23. The largest absolute Gasteiger partial charge is 0.568 e. The van der Waals surface area contributed by atoms with Gasteiger partial charge in [-0.3, -0.25) is 4.79 Å². The van der Waals surface area contributed by atoms with E-state index >= 15 is 0 Å². The zero-order chi connectivity index (χ0) is 12.3. The molecule has 0 spiro atoms. The minimum atomic E-state index is -1.38. The van der Waals surface area contributed by atoms with Gasteiger partial charge < -0.3 is 4.55 Å². The lowest BCUT2D eigenvalue weighted by Gasteiger charge is -2.12. The monoisotopic (exact) mass is 253 g/mol. The van der Waals surface area contributed by atoms with Crippen LogP contribution in [0.1, 0.15) is 15.9 Å². The van der Waals surface area contributed by atoms with Crippen LogP contribution in [0.25, 0.3) is 21.3 Å². The van der Waals surface area contributed by atoms with Gasteiger partial charge in [0.1, 0.15) is 5.69 Å². The molecule has 0 saturated heterocycles. The zero-order valence-electron chi connectivity index (χ0n) is 9.21. The number of ketones is 1. The summed E-state index contributed by atoms with van der Waals surface area (Å²) in [6.07, 6.45) is 0. The van der Waals surface area contributed by atoms with Gasteiger partial charge in [-0.15, -0.1) is 0 Å². The quantitative estimate of drug-likeness (QED) is 0.452. The van der Waals surface area contributed by atoms with E-state index in [-0.39, 0.29) is 5.78 Å². The van der Waals surface area contributed by atoms with Gasteiger partial charge in [-0.05, 0) is 10.4 Å². The lowest BCUT2D eigenvalue weighted by atomic mass is 9.88. The molecule has 0 N–H and O–H groups in total. The molecule has 0 fully saturated rings. The number of aromatic nitrogens is 1. The Morgan fingerprint density at radius 3 is 2.50 bits per heavy atom. The van der Waals surface area contributed by atoms with Gasteiger partial charge in [0.2, 0.25) is 4.70 Å². The maximum Gasteiger partial charge on any atom is 0.207 e. The van der Waals surface area contributed by atoms with Gasteiger partial charge >= 0.3 is 0 Å². The van der Waals surface area contributed by atoms with Crippen LogP contribution in [0, 0.1) is 0 Å². The van der Waals surface area contributed by atoms with Gasteiger partial charge in [0.25, 0.3) is 0 Å². The van der Waals surface area contributed by atoms with E-state index in [0.29, 0.717) is 21.5 Å². The van der Waals surface area contributed by atoms with Gasteiger partial charge in [0.15, 0.2) is 5.78 Å². The third kappa shape index (κ3) is 1.06. The molecule has 3 nitrogen and oxygen atoms in total. The lowest BCUT2D eigenvalue weighted by molar-refractivity contribution is 0.104. The summed E-state index contributed by atoms with van der Waals surface area (Å²) in [6, 6.07) is 12.6. The minimum absolute atomic E-state index is 0.0136. The second-order valence-electron chi connectivity index (χ2n) is 4.24. The molecule has 1 aromatic heterocycles. The Labute approximate surface area is 106 Å². The number of fused-ring (bicyclic) bond motifs is 2. The summed E-state index contributed by atoms with van der Waals surface area (Å²) in [4.78, 5) is 12.4. The van der Waals surface area contributed by atoms with E-state index in [9.17, 15) is 9.35 Å². The van der Waals surface area contributed by atoms with Crippen LogP contribution in [0.2, 0.25) is 0 Å². The standard InChI is InChI=1S/C14H7NO2S/c16-14-9-5-2-1-4-8(9)13-12-10(14)6-3-7-11(12)18(17)15-13/h1-7H. The van der Waals surface area contributed by atoms with Crippen molar-refractivity contribution >= 4 is 26.8 Å². The molecule has 86 valence electrons. The third-order valence-corrected chi connectivity index (χ3v) is 4.36. The van der Waals surface area contributed by atoms with Crippen molar-refractivity contribution in [1.29, 1.82) is 0 Å². The molecule has 2 aromatic carbocycles. The molecule has 0 bridgehead atoms. The number of benzene rings is 2. The number of hydrogen-bond acceptors (Lipinski definition) is 3. The van der Waals surface area contributed by atoms with E-state index in [4.69, 9.17) is 0 Å². The van der Waals surface area contributed by atoms with Crippen LogP contribution in [0.15, 0.2) is 42.5 Å². The number of hydrogen-bond donors (Lipinski definition) is 0. The van der Waals surface area contributed by atoms with Gasteiger partial charge in [-0.25, -0.2) is 0 Å². The molecule has 4 heteroatoms. The van der Waals surface area contributed by atoms with Crippen molar-refractivity contribution in [2.24, 2.45) is 0 Å². The molecule has 1 aliphatic rings. The lowest BCUT2D eigenvalue weighted by Crippen LogP contribution is -2.08. The summed E-state index contributed by atoms with van der Waals surface area (Å²) < 4.78 is 16.8. The predicted molar refractivity (Wildman–Crippen MR) is 69.3 cm³/mol. The molecule has 0 radical (unpaired) electrons. The highest BCUT2D eigenvalue weighted by molar-refractivity contribution is 7.26. The first-order valence-corrected chi connectivity index (χ1v) is 6.66. The van der Waals surface area contributed by atoms with Crippen molar-refractivity contribution in [3.63, 3.8) is 0 Å². The fourth-order valence-corrected chi connectivity index (χ4v) is 3.53. The van der Waals surface area contributed by atoms with Crippen LogP contribution in [-0.4, -0.2) is 14.7 Å². The van der Waals surface area contributed by atoms with Crippen LogP contribution >= 0.6 is 10.9 Å². The van der Waals surface area contributed by atoms with Crippen LogP contribution in [0.3, 0.4) is 0 Å². The first-order chi connectivity index (χ1) is 8.77. The third-order valence-electron chi connectivity index (χ3n) is 3.30. The predicted octanol–water partition coefficient (Wildman–Crippen LogP) is 3.17. The van der Waals surface area contributed by atoms with Gasteiger partial charge in [0, 0.05) is 22.8 Å². The van der Waals surface area contributed by atoms with Crippen molar-refractivity contribution in [3.05, 3.63) is 53.6 Å². The highest BCUT2D eigenvalue weighted by atomic mass is 32.2. The van der Waals surface area contributed by atoms with Crippen molar-refractivity contribution < 1.29 is 9.35 Å². The Balaban J connectivity index is 2.28. The Bertz CT molecular complexity index is 820. The molecule has 18 heavy (non-hydrogen) atoms. The molecule has 0 saturated carbocycles. The molecule has 3 aromatic rings. The van der Waals surface area contributed by atoms with E-state index in [1.807, 2.05) is 18.2 Å². The Kier molecular flexibility index (Phi) is 1.79. The fourth-order valence-electron chi connectivity index (χ4n) is 2.50.